The Bertz CT molecular complexity index is 1980. The molecular formula is C33H26N4O2. The van der Waals surface area contributed by atoms with Crippen molar-refractivity contribution in [3.63, 3.8) is 0 Å². The summed E-state index contributed by atoms with van der Waals surface area (Å²) in [5.74, 6) is 0.654. The molecule has 0 aliphatic carbocycles. The van der Waals surface area contributed by atoms with Gasteiger partial charge >= 0.3 is 0 Å². The Hall–Kier alpha value is -4.84. The number of hydrogen-bond donors (Lipinski definition) is 2. The average molecular weight is 511 g/mol. The summed E-state index contributed by atoms with van der Waals surface area (Å²) >= 11 is 0. The molecule has 0 radical (unpaired) electrons. The molecule has 5 heterocycles. The molecule has 0 amide bonds. The minimum atomic E-state index is -0.776. The van der Waals surface area contributed by atoms with Crippen LogP contribution in [0.5, 0.6) is 11.5 Å². The number of H-pyrrole nitrogens is 2. The van der Waals surface area contributed by atoms with Gasteiger partial charge in [-0.15, -0.1) is 0 Å². The molecule has 0 spiro atoms. The highest BCUT2D eigenvalue weighted by atomic mass is 16.7. The molecule has 0 unspecified atom stereocenters. The maximum Gasteiger partial charge on any atom is 0.246 e. The van der Waals surface area contributed by atoms with Crippen molar-refractivity contribution in [2.45, 2.75) is 33.5 Å². The number of fused-ring (bicyclic) bond motifs is 8. The maximum absolute atomic E-state index is 6.31. The molecule has 1 aliphatic heterocycles. The zero-order chi connectivity index (χ0) is 26.5. The first-order valence-electron chi connectivity index (χ1n) is 13.2. The molecule has 8 rings (SSSR count). The lowest BCUT2D eigenvalue weighted by Crippen LogP contribution is -2.29. The molecule has 7 aromatic rings. The van der Waals surface area contributed by atoms with Gasteiger partial charge in [0.05, 0.1) is 22.4 Å². The predicted molar refractivity (Wildman–Crippen MR) is 156 cm³/mol. The average Bonchev–Trinajstić information content (AvgIpc) is 3.62. The van der Waals surface area contributed by atoms with Gasteiger partial charge in [-0.3, -0.25) is 0 Å². The van der Waals surface area contributed by atoms with Gasteiger partial charge in [-0.25, -0.2) is 9.97 Å². The molecule has 0 saturated heterocycles. The fourth-order valence-electron chi connectivity index (χ4n) is 5.92. The highest BCUT2D eigenvalue weighted by Crippen LogP contribution is 2.50. The number of aromatic nitrogens is 4. The van der Waals surface area contributed by atoms with E-state index in [0.29, 0.717) is 11.5 Å². The number of rotatable bonds is 2. The second-order valence-electron chi connectivity index (χ2n) is 10.8. The van der Waals surface area contributed by atoms with Gasteiger partial charge in [0, 0.05) is 58.9 Å². The van der Waals surface area contributed by atoms with E-state index in [1.54, 1.807) is 0 Å². The van der Waals surface area contributed by atoms with E-state index in [1.807, 2.05) is 26.2 Å². The Morgan fingerprint density at radius 1 is 0.590 bits per heavy atom. The molecule has 2 N–H and O–H groups in total. The number of nitrogens with zero attached hydrogens (tertiary/aromatic N) is 2. The molecule has 6 heteroatoms. The number of aryl methyl sites for hydroxylation is 2. The Balaban J connectivity index is 1.44. The van der Waals surface area contributed by atoms with E-state index >= 15 is 0 Å². The van der Waals surface area contributed by atoms with Gasteiger partial charge in [-0.1, -0.05) is 36.4 Å². The van der Waals surface area contributed by atoms with E-state index in [9.17, 15) is 0 Å². The minimum absolute atomic E-state index is 0.715. The summed E-state index contributed by atoms with van der Waals surface area (Å²) < 4.78 is 12.6. The fraction of sp³-hybridized carbons (Fsp3) is 0.152. The van der Waals surface area contributed by atoms with Gasteiger partial charge in [0.2, 0.25) is 5.79 Å². The Kier molecular flexibility index (Phi) is 4.32. The lowest BCUT2D eigenvalue weighted by molar-refractivity contribution is -0.0420. The summed E-state index contributed by atoms with van der Waals surface area (Å²) in [7, 11) is 0. The zero-order valence-corrected chi connectivity index (χ0v) is 22.1. The van der Waals surface area contributed by atoms with Crippen LogP contribution in [0.2, 0.25) is 0 Å². The Morgan fingerprint density at radius 3 is 1.51 bits per heavy atom. The number of para-hydroxylation sites is 2. The second kappa shape index (κ2) is 7.60. The molecular weight excluding hydrogens is 484 g/mol. The number of pyridine rings is 2. The van der Waals surface area contributed by atoms with Crippen molar-refractivity contribution in [3.05, 3.63) is 84.2 Å². The Labute approximate surface area is 224 Å². The summed E-state index contributed by atoms with van der Waals surface area (Å²) in [6.45, 7) is 8.08. The van der Waals surface area contributed by atoms with Gasteiger partial charge in [-0.05, 0) is 49.2 Å². The number of aromatic amines is 2. The molecule has 0 atom stereocenters. The molecule has 0 bridgehead atoms. The van der Waals surface area contributed by atoms with Crippen LogP contribution in [0.15, 0.2) is 73.1 Å². The minimum Gasteiger partial charge on any atom is -0.448 e. The van der Waals surface area contributed by atoms with Crippen LogP contribution < -0.4 is 9.47 Å². The normalized spacial score (nSPS) is 14.3. The molecule has 0 fully saturated rings. The lowest BCUT2D eigenvalue weighted by atomic mass is 10.0. The Morgan fingerprint density at radius 2 is 1.05 bits per heavy atom. The molecule has 3 aromatic carbocycles. The van der Waals surface area contributed by atoms with Crippen LogP contribution in [-0.2, 0) is 0 Å². The van der Waals surface area contributed by atoms with Gasteiger partial charge < -0.3 is 19.4 Å². The van der Waals surface area contributed by atoms with Crippen LogP contribution in [0.25, 0.3) is 66.1 Å². The summed E-state index contributed by atoms with van der Waals surface area (Å²) in [6, 6.07) is 20.9. The molecule has 190 valence electrons. The first kappa shape index (κ1) is 22.2. The SMILES string of the molecule is Cc1c[nH]c2c(-c3ccc4c5c(c6ccc(-c7cccc8c(C)c[nH]c78)nc6c4n3)OC(C)(C)O5)cccc12. The van der Waals surface area contributed by atoms with Crippen LogP contribution in [-0.4, -0.2) is 25.7 Å². The largest absolute Gasteiger partial charge is 0.448 e. The van der Waals surface area contributed by atoms with Crippen LogP contribution in [0.4, 0.5) is 0 Å². The number of hydrogen-bond acceptors (Lipinski definition) is 4. The monoisotopic (exact) mass is 510 g/mol. The lowest BCUT2D eigenvalue weighted by Gasteiger charge is -2.16. The second-order valence-corrected chi connectivity index (χ2v) is 10.8. The highest BCUT2D eigenvalue weighted by molar-refractivity contribution is 6.12. The van der Waals surface area contributed by atoms with Crippen LogP contribution in [0.1, 0.15) is 25.0 Å². The van der Waals surface area contributed by atoms with E-state index in [-0.39, 0.29) is 0 Å². The smallest absolute Gasteiger partial charge is 0.246 e. The molecule has 4 aromatic heterocycles. The highest BCUT2D eigenvalue weighted by Gasteiger charge is 2.36. The molecule has 39 heavy (non-hydrogen) atoms. The molecule has 1 aliphatic rings. The van der Waals surface area contributed by atoms with Crippen LogP contribution >= 0.6 is 0 Å². The quantitative estimate of drug-likeness (QED) is 0.230. The third-order valence-corrected chi connectivity index (χ3v) is 7.80. The van der Waals surface area contributed by atoms with Crippen molar-refractivity contribution < 1.29 is 9.47 Å². The van der Waals surface area contributed by atoms with E-state index in [4.69, 9.17) is 19.4 Å². The van der Waals surface area contributed by atoms with Crippen molar-refractivity contribution in [2.75, 3.05) is 0 Å². The van der Waals surface area contributed by atoms with Gasteiger partial charge in [0.25, 0.3) is 0 Å². The summed E-state index contributed by atoms with van der Waals surface area (Å²) in [6.07, 6.45) is 4.09. The van der Waals surface area contributed by atoms with Crippen molar-refractivity contribution >= 4 is 43.6 Å². The van der Waals surface area contributed by atoms with Gasteiger partial charge in [-0.2, -0.15) is 0 Å². The summed E-state index contributed by atoms with van der Waals surface area (Å²) in [5.41, 5.74) is 10.0. The van der Waals surface area contributed by atoms with Crippen LogP contribution in [0, 0.1) is 13.8 Å². The third kappa shape index (κ3) is 3.15. The van der Waals surface area contributed by atoms with E-state index in [0.717, 1.165) is 55.4 Å². The maximum atomic E-state index is 6.31. The third-order valence-electron chi connectivity index (χ3n) is 7.80. The summed E-state index contributed by atoms with van der Waals surface area (Å²) in [4.78, 5) is 17.3. The van der Waals surface area contributed by atoms with Crippen LogP contribution in [0.3, 0.4) is 0 Å². The first-order chi connectivity index (χ1) is 18.9. The first-order valence-corrected chi connectivity index (χ1v) is 13.2. The van der Waals surface area contributed by atoms with Crippen molar-refractivity contribution in [2.24, 2.45) is 0 Å². The molecule has 6 nitrogen and oxygen atoms in total. The standard InChI is InChI=1S/C33H26N4O2/c1-17-15-34-27-19(17)7-5-9-21(27)25-13-11-23-29(36-25)30-24(32-31(23)38-33(3,4)39-32)12-14-26(37-30)22-10-6-8-20-18(2)16-35-28(20)22/h5-16,34-35H,1-4H3. The number of benzene rings is 3. The molecule has 0 saturated carbocycles. The van der Waals surface area contributed by atoms with E-state index in [1.165, 1.54) is 21.9 Å². The topological polar surface area (TPSA) is 75.8 Å². The summed E-state index contributed by atoms with van der Waals surface area (Å²) in [5, 5.41) is 4.17. The predicted octanol–water partition coefficient (Wildman–Crippen LogP) is 8.20. The van der Waals surface area contributed by atoms with E-state index in [2.05, 4.69) is 84.5 Å². The van der Waals surface area contributed by atoms with Gasteiger partial charge in [0.15, 0.2) is 11.5 Å². The van der Waals surface area contributed by atoms with Crippen molar-refractivity contribution in [3.8, 4) is 34.0 Å². The number of nitrogens with one attached hydrogen (secondary N) is 2. The van der Waals surface area contributed by atoms with E-state index < -0.39 is 5.79 Å². The fourth-order valence-corrected chi connectivity index (χ4v) is 5.92. The van der Waals surface area contributed by atoms with Gasteiger partial charge in [0.1, 0.15) is 11.0 Å². The van der Waals surface area contributed by atoms with Crippen molar-refractivity contribution in [1.29, 1.82) is 0 Å². The van der Waals surface area contributed by atoms with Crippen molar-refractivity contribution in [1.82, 2.24) is 19.9 Å². The zero-order valence-electron chi connectivity index (χ0n) is 22.1. The number of ether oxygens (including phenoxy) is 2.